The number of amides is 1. The van der Waals surface area contributed by atoms with Crippen molar-refractivity contribution in [2.24, 2.45) is 0 Å². The molecular formula is C28H44INO5. The Kier molecular flexibility index (Phi) is 18.2. The molecule has 0 atom stereocenters. The van der Waals surface area contributed by atoms with E-state index in [1.54, 1.807) is 0 Å². The molecule has 198 valence electrons. The molecule has 0 aliphatic carbocycles. The average Bonchev–Trinajstić information content (AvgIpc) is 2.83. The minimum Gasteiger partial charge on any atom is -0.504 e. The van der Waals surface area contributed by atoms with Crippen LogP contribution in [-0.2, 0) is 20.7 Å². The highest BCUT2D eigenvalue weighted by molar-refractivity contribution is 14.1. The number of halogens is 1. The minimum atomic E-state index is -0.346. The number of phenols is 2. The topological polar surface area (TPSA) is 95.9 Å². The summed E-state index contributed by atoms with van der Waals surface area (Å²) in [7, 11) is 0. The monoisotopic (exact) mass is 601 g/mol. The van der Waals surface area contributed by atoms with E-state index < -0.39 is 0 Å². The Hall–Kier alpha value is -1.77. The first-order valence-corrected chi connectivity index (χ1v) is 14.3. The number of benzene rings is 1. The molecule has 0 heterocycles. The Morgan fingerprint density at radius 2 is 1.46 bits per heavy atom. The largest absolute Gasteiger partial charge is 0.504 e. The van der Waals surface area contributed by atoms with Crippen molar-refractivity contribution in [3.63, 3.8) is 0 Å². The number of hydrogen-bond donors (Lipinski definition) is 3. The molecule has 0 radical (unpaired) electrons. The van der Waals surface area contributed by atoms with Crippen molar-refractivity contribution in [1.29, 1.82) is 0 Å². The number of esters is 1. The first kappa shape index (κ1) is 31.3. The zero-order valence-electron chi connectivity index (χ0n) is 21.3. The third kappa shape index (κ3) is 16.5. The fourth-order valence-electron chi connectivity index (χ4n) is 3.73. The van der Waals surface area contributed by atoms with Crippen LogP contribution in [0.4, 0.5) is 0 Å². The molecule has 6 nitrogen and oxygen atoms in total. The van der Waals surface area contributed by atoms with Gasteiger partial charge in [-0.1, -0.05) is 70.4 Å². The smallest absolute Gasteiger partial charge is 0.306 e. The lowest BCUT2D eigenvalue weighted by Crippen LogP contribution is -2.30. The quantitative estimate of drug-likeness (QED) is 0.0495. The second kappa shape index (κ2) is 20.4. The molecule has 0 aliphatic rings. The standard InChI is InChI=1S/C28H44INO5/c1-2-3-4-5-6-7-8-9-10-11-12-13-14-15-16-17-28(34)35-22-27(33)30-19-18-23-20-25(31)26(32)21-24(23)29/h9-10,20-21,31-32H,2-8,11-19,22H2,1H3,(H,30,33)/b10-9-. The van der Waals surface area contributed by atoms with E-state index in [0.29, 0.717) is 19.4 Å². The molecule has 0 saturated carbocycles. The van der Waals surface area contributed by atoms with E-state index in [9.17, 15) is 19.8 Å². The maximum absolute atomic E-state index is 11.9. The molecule has 1 aromatic carbocycles. The van der Waals surface area contributed by atoms with Crippen molar-refractivity contribution in [2.45, 2.75) is 103 Å². The normalized spacial score (nSPS) is 11.1. The molecule has 1 rings (SSSR count). The van der Waals surface area contributed by atoms with Crippen LogP contribution >= 0.6 is 22.6 Å². The van der Waals surface area contributed by atoms with Gasteiger partial charge in [0.15, 0.2) is 18.1 Å². The van der Waals surface area contributed by atoms with Gasteiger partial charge in [-0.3, -0.25) is 9.59 Å². The first-order chi connectivity index (χ1) is 16.9. The molecule has 0 unspecified atom stereocenters. The molecule has 0 saturated heterocycles. The molecule has 1 aromatic rings. The zero-order valence-corrected chi connectivity index (χ0v) is 23.5. The third-order valence-corrected chi connectivity index (χ3v) is 6.87. The zero-order chi connectivity index (χ0) is 25.7. The van der Waals surface area contributed by atoms with E-state index in [-0.39, 0.29) is 30.0 Å². The fourth-order valence-corrected chi connectivity index (χ4v) is 4.45. The molecule has 1 amide bonds. The van der Waals surface area contributed by atoms with Gasteiger partial charge in [-0.05, 0) is 78.8 Å². The van der Waals surface area contributed by atoms with E-state index in [2.05, 4.69) is 47.0 Å². The predicted octanol–water partition coefficient (Wildman–Crippen LogP) is 6.94. The highest BCUT2D eigenvalue weighted by Gasteiger charge is 2.09. The van der Waals surface area contributed by atoms with E-state index in [0.717, 1.165) is 34.8 Å². The Morgan fingerprint density at radius 3 is 2.11 bits per heavy atom. The van der Waals surface area contributed by atoms with Crippen molar-refractivity contribution in [3.8, 4) is 11.5 Å². The van der Waals surface area contributed by atoms with Gasteiger partial charge in [0.25, 0.3) is 5.91 Å². The number of ether oxygens (including phenoxy) is 1. The molecular weight excluding hydrogens is 557 g/mol. The van der Waals surface area contributed by atoms with Gasteiger partial charge in [0.1, 0.15) is 0 Å². The van der Waals surface area contributed by atoms with Crippen LogP contribution in [0.1, 0.15) is 102 Å². The summed E-state index contributed by atoms with van der Waals surface area (Å²) in [5.41, 5.74) is 0.822. The van der Waals surface area contributed by atoms with Gasteiger partial charge < -0.3 is 20.3 Å². The summed E-state index contributed by atoms with van der Waals surface area (Å²) in [6.07, 6.45) is 21.2. The molecule has 3 N–H and O–H groups in total. The minimum absolute atomic E-state index is 0.166. The lowest BCUT2D eigenvalue weighted by Gasteiger charge is -2.09. The summed E-state index contributed by atoms with van der Waals surface area (Å²) in [6.45, 7) is 2.33. The Morgan fingerprint density at radius 1 is 0.886 bits per heavy atom. The van der Waals surface area contributed by atoms with Crippen LogP contribution in [0.2, 0.25) is 0 Å². The Bertz CT molecular complexity index is 766. The summed E-state index contributed by atoms with van der Waals surface area (Å²) in [6, 6.07) is 2.96. The lowest BCUT2D eigenvalue weighted by atomic mass is 10.1. The summed E-state index contributed by atoms with van der Waals surface area (Å²) in [4.78, 5) is 23.7. The second-order valence-electron chi connectivity index (χ2n) is 9.03. The fraction of sp³-hybridized carbons (Fsp3) is 0.643. The second-order valence-corrected chi connectivity index (χ2v) is 10.2. The van der Waals surface area contributed by atoms with Crippen LogP contribution in [0.3, 0.4) is 0 Å². The highest BCUT2D eigenvalue weighted by atomic mass is 127. The number of unbranched alkanes of at least 4 members (excludes halogenated alkanes) is 11. The Labute approximate surface area is 225 Å². The van der Waals surface area contributed by atoms with Crippen LogP contribution in [-0.4, -0.2) is 35.2 Å². The van der Waals surface area contributed by atoms with Gasteiger partial charge in [0, 0.05) is 16.5 Å². The van der Waals surface area contributed by atoms with Gasteiger partial charge in [-0.2, -0.15) is 0 Å². The number of hydrogen-bond acceptors (Lipinski definition) is 5. The number of carbonyl (C=O) groups is 2. The molecule has 0 aromatic heterocycles. The number of carbonyl (C=O) groups excluding carboxylic acids is 2. The van der Waals surface area contributed by atoms with E-state index in [1.807, 2.05) is 0 Å². The van der Waals surface area contributed by atoms with Crippen LogP contribution in [0.5, 0.6) is 11.5 Å². The van der Waals surface area contributed by atoms with Crippen LogP contribution in [0, 0.1) is 3.57 Å². The van der Waals surface area contributed by atoms with E-state index in [1.165, 1.54) is 69.9 Å². The van der Waals surface area contributed by atoms with Crippen molar-refractivity contribution in [3.05, 3.63) is 33.4 Å². The Balaban J connectivity index is 1.94. The van der Waals surface area contributed by atoms with Crippen LogP contribution < -0.4 is 5.32 Å². The van der Waals surface area contributed by atoms with Gasteiger partial charge in [0.05, 0.1) is 0 Å². The number of allylic oxidation sites excluding steroid dienone is 2. The summed E-state index contributed by atoms with van der Waals surface area (Å²) >= 11 is 2.06. The molecule has 35 heavy (non-hydrogen) atoms. The van der Waals surface area contributed by atoms with E-state index >= 15 is 0 Å². The molecule has 0 fully saturated rings. The van der Waals surface area contributed by atoms with Gasteiger partial charge in [-0.15, -0.1) is 0 Å². The van der Waals surface area contributed by atoms with Crippen molar-refractivity contribution >= 4 is 34.5 Å². The van der Waals surface area contributed by atoms with Crippen molar-refractivity contribution in [2.75, 3.05) is 13.2 Å². The van der Waals surface area contributed by atoms with Gasteiger partial charge >= 0.3 is 5.97 Å². The molecule has 7 heteroatoms. The predicted molar refractivity (Wildman–Crippen MR) is 150 cm³/mol. The lowest BCUT2D eigenvalue weighted by molar-refractivity contribution is -0.148. The SMILES string of the molecule is CCCCCCCC/C=C\CCCCCCCC(=O)OCC(=O)NCCc1cc(O)c(O)cc1I. The maximum Gasteiger partial charge on any atom is 0.306 e. The number of aromatic hydroxyl groups is 2. The van der Waals surface area contributed by atoms with Gasteiger partial charge in [-0.25, -0.2) is 0 Å². The number of phenolic OH excluding ortho intramolecular Hbond substituents is 2. The molecule has 0 aliphatic heterocycles. The van der Waals surface area contributed by atoms with E-state index in [4.69, 9.17) is 4.74 Å². The third-order valence-electron chi connectivity index (χ3n) is 5.87. The number of nitrogens with one attached hydrogen (secondary N) is 1. The van der Waals surface area contributed by atoms with Gasteiger partial charge in [0.2, 0.25) is 0 Å². The maximum atomic E-state index is 11.9. The molecule has 0 spiro atoms. The van der Waals surface area contributed by atoms with Crippen molar-refractivity contribution < 1.29 is 24.5 Å². The van der Waals surface area contributed by atoms with Crippen molar-refractivity contribution in [1.82, 2.24) is 5.32 Å². The summed E-state index contributed by atoms with van der Waals surface area (Å²) < 4.78 is 5.85. The van der Waals surface area contributed by atoms with Crippen LogP contribution in [0.15, 0.2) is 24.3 Å². The summed E-state index contributed by atoms with van der Waals surface area (Å²) in [5.74, 6) is -1.03. The average molecular weight is 602 g/mol. The molecule has 0 bridgehead atoms. The number of rotatable bonds is 20. The summed E-state index contributed by atoms with van der Waals surface area (Å²) in [5, 5.41) is 21.8. The first-order valence-electron chi connectivity index (χ1n) is 13.2. The highest BCUT2D eigenvalue weighted by Crippen LogP contribution is 2.29. The van der Waals surface area contributed by atoms with Crippen LogP contribution in [0.25, 0.3) is 0 Å².